The SMILES string of the molecule is c1cc2c(cn1)C1C([NH2+]2)c2c([n]([Tl]3[CH2][CH2]3)c3ccncc23)C2CC21. The Morgan fingerprint density at radius 1 is 1.12 bits per heavy atom. The molecule has 0 spiro atoms. The summed E-state index contributed by atoms with van der Waals surface area (Å²) in [7, 11) is 0. The molecule has 116 valence electrons. The number of rotatable bonds is 1. The van der Waals surface area contributed by atoms with Gasteiger partial charge in [0.05, 0.1) is 0 Å². The second-order valence-electron chi connectivity index (χ2n) is 8.02. The first-order valence-corrected chi connectivity index (χ1v) is 17.5. The number of fused-ring (bicyclic) bond motifs is 10. The molecule has 0 bridgehead atoms. The summed E-state index contributed by atoms with van der Waals surface area (Å²) in [6.07, 6.45) is 9.62. The van der Waals surface area contributed by atoms with E-state index in [1.807, 2.05) is 12.4 Å². The second-order valence-corrected chi connectivity index (χ2v) is 19.6. The van der Waals surface area contributed by atoms with E-state index >= 15 is 0 Å². The predicted molar refractivity (Wildman–Crippen MR) is 92.7 cm³/mol. The first-order chi connectivity index (χ1) is 11.9. The minimum atomic E-state index is -1.58. The summed E-state index contributed by atoms with van der Waals surface area (Å²) < 4.78 is 6.05. The van der Waals surface area contributed by atoms with Gasteiger partial charge in [-0.2, -0.15) is 0 Å². The molecule has 2 aliphatic carbocycles. The summed E-state index contributed by atoms with van der Waals surface area (Å²) >= 11 is -1.58. The number of pyridine rings is 2. The van der Waals surface area contributed by atoms with Crippen LogP contribution in [0.3, 0.4) is 0 Å². The van der Waals surface area contributed by atoms with Gasteiger partial charge >= 0.3 is 149 Å². The fourth-order valence-corrected chi connectivity index (χ4v) is 18.6. The molecule has 1 saturated heterocycles. The summed E-state index contributed by atoms with van der Waals surface area (Å²) in [5.41, 5.74) is 7.85. The zero-order valence-electron chi connectivity index (χ0n) is 13.4. The fourth-order valence-electron chi connectivity index (χ4n) is 5.68. The van der Waals surface area contributed by atoms with E-state index in [0.717, 1.165) is 11.8 Å². The number of quaternary nitrogens is 1. The average molecular weight is 507 g/mol. The van der Waals surface area contributed by atoms with E-state index in [1.165, 1.54) is 28.6 Å². The molecule has 4 aliphatic rings. The zero-order chi connectivity index (χ0) is 15.4. The molecule has 3 aromatic heterocycles. The van der Waals surface area contributed by atoms with Crippen molar-refractivity contribution in [1.82, 2.24) is 12.3 Å². The van der Waals surface area contributed by atoms with E-state index in [1.54, 1.807) is 19.2 Å². The van der Waals surface area contributed by atoms with E-state index < -0.39 is 23.0 Å². The van der Waals surface area contributed by atoms with Crippen LogP contribution in [0.4, 0.5) is 5.69 Å². The molecule has 7 rings (SSSR count). The van der Waals surface area contributed by atoms with Crippen LogP contribution in [-0.4, -0.2) is 35.3 Å². The van der Waals surface area contributed by atoms with Crippen molar-refractivity contribution in [3.8, 4) is 0 Å². The molecule has 2 N–H and O–H groups in total. The maximum absolute atomic E-state index is 4.50. The molecule has 5 heterocycles. The van der Waals surface area contributed by atoms with Gasteiger partial charge in [0, 0.05) is 0 Å². The van der Waals surface area contributed by atoms with Crippen molar-refractivity contribution >= 4 is 39.6 Å². The Hall–Kier alpha value is -1.28. The van der Waals surface area contributed by atoms with Crippen molar-refractivity contribution in [2.45, 2.75) is 32.3 Å². The van der Waals surface area contributed by atoms with Crippen LogP contribution in [0.5, 0.6) is 0 Å². The van der Waals surface area contributed by atoms with Crippen LogP contribution in [0.1, 0.15) is 41.1 Å². The molecule has 4 nitrogen and oxygen atoms in total. The third-order valence-corrected chi connectivity index (χ3v) is 16.0. The van der Waals surface area contributed by atoms with Crippen LogP contribution in [0.25, 0.3) is 10.9 Å². The molecule has 24 heavy (non-hydrogen) atoms. The molecule has 0 amide bonds. The van der Waals surface area contributed by atoms with E-state index in [-0.39, 0.29) is 0 Å². The van der Waals surface area contributed by atoms with Gasteiger partial charge in [0.15, 0.2) is 0 Å². The van der Waals surface area contributed by atoms with Gasteiger partial charge in [-0.05, 0) is 0 Å². The Morgan fingerprint density at radius 3 is 2.92 bits per heavy atom. The van der Waals surface area contributed by atoms with Gasteiger partial charge in [-0.25, -0.2) is 0 Å². The van der Waals surface area contributed by atoms with Crippen LogP contribution in [0.2, 0.25) is 7.96 Å². The molecule has 2 fully saturated rings. The minimum absolute atomic E-state index is 0.558. The van der Waals surface area contributed by atoms with E-state index in [0.29, 0.717) is 12.0 Å². The number of aromatic nitrogens is 3. The third-order valence-electron chi connectivity index (χ3n) is 6.77. The van der Waals surface area contributed by atoms with Gasteiger partial charge in [0.1, 0.15) is 0 Å². The van der Waals surface area contributed by atoms with Gasteiger partial charge < -0.3 is 0 Å². The third kappa shape index (κ3) is 1.48. The molecule has 4 unspecified atom stereocenters. The maximum atomic E-state index is 4.50. The van der Waals surface area contributed by atoms with Gasteiger partial charge in [-0.1, -0.05) is 0 Å². The molecule has 4 atom stereocenters. The number of nitrogens with zero attached hydrogens (tertiary/aromatic N) is 3. The van der Waals surface area contributed by atoms with E-state index in [2.05, 4.69) is 42.2 Å². The predicted octanol–water partition coefficient (Wildman–Crippen LogP) is 2.44. The van der Waals surface area contributed by atoms with Gasteiger partial charge in [-0.3, -0.25) is 0 Å². The normalized spacial score (nSPS) is 31.4. The average Bonchev–Trinajstić information content (AvgIpc) is 3.54. The van der Waals surface area contributed by atoms with Crippen molar-refractivity contribution in [2.24, 2.45) is 5.92 Å². The molecule has 0 aromatic carbocycles. The Labute approximate surface area is 148 Å². The summed E-state index contributed by atoms with van der Waals surface area (Å²) in [5.74, 6) is 2.34. The van der Waals surface area contributed by atoms with Crippen LogP contribution in [0.15, 0.2) is 36.9 Å². The molecular weight excluding hydrogens is 489 g/mol. The molecular formula is C19H18N4Tl+. The standard InChI is InChI=1S/C17H13N4.C2H4.Tl/c1-3-18-6-10-12(1)21-17-14(10)8-5-9(8)16-15(17)11-7-19-4-2-13(11)20-16;1-2;/h1-4,6-9,14,17,21H,5H2;1-2H2;/q-1;;+1/p+1. The molecule has 5 heteroatoms. The summed E-state index contributed by atoms with van der Waals surface area (Å²) in [6, 6.07) is 5.06. The van der Waals surface area contributed by atoms with Gasteiger partial charge in [0.25, 0.3) is 0 Å². The summed E-state index contributed by atoms with van der Waals surface area (Å²) in [6.45, 7) is 0. The quantitative estimate of drug-likeness (QED) is 0.516. The van der Waals surface area contributed by atoms with E-state index in [4.69, 9.17) is 0 Å². The van der Waals surface area contributed by atoms with Crippen LogP contribution in [0, 0.1) is 5.92 Å². The topological polar surface area (TPSA) is 47.3 Å². The fraction of sp³-hybridized carbons (Fsp3) is 0.368. The van der Waals surface area contributed by atoms with Crippen molar-refractivity contribution < 1.29 is 5.32 Å². The Morgan fingerprint density at radius 2 is 2.00 bits per heavy atom. The number of nitrogens with two attached hydrogens (primary N) is 1. The summed E-state index contributed by atoms with van der Waals surface area (Å²) in [5, 5.41) is 3.99. The van der Waals surface area contributed by atoms with Crippen molar-refractivity contribution in [3.63, 3.8) is 0 Å². The van der Waals surface area contributed by atoms with Gasteiger partial charge in [0.2, 0.25) is 0 Å². The Bertz CT molecular complexity index is 1020. The van der Waals surface area contributed by atoms with Gasteiger partial charge in [-0.15, -0.1) is 0 Å². The van der Waals surface area contributed by atoms with Crippen LogP contribution in [-0.2, 0) is 0 Å². The van der Waals surface area contributed by atoms with Crippen LogP contribution < -0.4 is 5.32 Å². The first kappa shape index (κ1) is 13.0. The molecule has 0 radical (unpaired) electrons. The Balaban J connectivity index is 1.55. The number of hydrogen-bond donors (Lipinski definition) is 1. The zero-order valence-corrected chi connectivity index (χ0v) is 17.9. The monoisotopic (exact) mass is 507 g/mol. The number of hydrogen-bond acceptors (Lipinski definition) is 2. The van der Waals surface area contributed by atoms with Crippen molar-refractivity contribution in [2.75, 3.05) is 0 Å². The van der Waals surface area contributed by atoms with E-state index in [9.17, 15) is 0 Å². The second kappa shape index (κ2) is 4.27. The molecule has 3 aromatic rings. The van der Waals surface area contributed by atoms with Crippen LogP contribution >= 0.6 is 0 Å². The van der Waals surface area contributed by atoms with Crippen molar-refractivity contribution in [1.29, 1.82) is 0 Å². The molecule has 1 saturated carbocycles. The van der Waals surface area contributed by atoms with Crippen molar-refractivity contribution in [3.05, 3.63) is 53.7 Å². The molecule has 2 aliphatic heterocycles. The Kier molecular flexibility index (Phi) is 2.31. The first-order valence-electron chi connectivity index (χ1n) is 9.18. The summed E-state index contributed by atoms with van der Waals surface area (Å²) in [4.78, 5) is 8.94.